The van der Waals surface area contributed by atoms with Gasteiger partial charge in [-0.15, -0.1) is 5.10 Å². The van der Waals surface area contributed by atoms with E-state index in [1.807, 2.05) is 48.5 Å². The van der Waals surface area contributed by atoms with Crippen molar-refractivity contribution in [2.45, 2.75) is 18.5 Å². The van der Waals surface area contributed by atoms with E-state index in [-0.39, 0.29) is 30.5 Å². The predicted molar refractivity (Wildman–Crippen MR) is 114 cm³/mol. The summed E-state index contributed by atoms with van der Waals surface area (Å²) in [5, 5.41) is 11.3. The van der Waals surface area contributed by atoms with E-state index in [9.17, 15) is 4.79 Å². The summed E-state index contributed by atoms with van der Waals surface area (Å²) in [7, 11) is 3.11. The minimum Gasteiger partial charge on any atom is -0.497 e. The normalized spacial score (nSPS) is 17.7. The van der Waals surface area contributed by atoms with Crippen LogP contribution in [0, 0.1) is 0 Å². The maximum absolute atomic E-state index is 11.9. The minimum absolute atomic E-state index is 0.0100. The summed E-state index contributed by atoms with van der Waals surface area (Å²) >= 11 is 6.08. The Labute approximate surface area is 179 Å². The van der Waals surface area contributed by atoms with E-state index in [1.54, 1.807) is 11.8 Å². The number of benzene rings is 2. The van der Waals surface area contributed by atoms with E-state index in [1.165, 1.54) is 7.11 Å². The quantitative estimate of drug-likeness (QED) is 0.623. The minimum atomic E-state index is -0.310. The molecule has 0 bridgehead atoms. The number of fused-ring (bicyclic) bond motifs is 1. The van der Waals surface area contributed by atoms with Crippen molar-refractivity contribution in [2.75, 3.05) is 31.5 Å². The van der Waals surface area contributed by atoms with Gasteiger partial charge >= 0.3 is 0 Å². The number of hydrogen-bond donors (Lipinski definition) is 2. The zero-order chi connectivity index (χ0) is 21.1. The van der Waals surface area contributed by atoms with E-state index in [0.717, 1.165) is 23.3 Å². The molecule has 4 rings (SSSR count). The van der Waals surface area contributed by atoms with Crippen molar-refractivity contribution in [1.29, 1.82) is 0 Å². The van der Waals surface area contributed by atoms with Crippen LogP contribution in [0.2, 0.25) is 5.02 Å². The Bertz CT molecular complexity index is 1020. The van der Waals surface area contributed by atoms with Crippen molar-refractivity contribution < 1.29 is 14.3 Å². The van der Waals surface area contributed by atoms with E-state index >= 15 is 0 Å². The molecule has 30 heavy (non-hydrogen) atoms. The van der Waals surface area contributed by atoms with Crippen LogP contribution in [0.15, 0.2) is 48.5 Å². The van der Waals surface area contributed by atoms with Crippen LogP contribution in [-0.4, -0.2) is 41.5 Å². The summed E-state index contributed by atoms with van der Waals surface area (Å²) in [6, 6.07) is 15.6. The van der Waals surface area contributed by atoms with Gasteiger partial charge in [0.1, 0.15) is 12.4 Å². The third-order valence-electron chi connectivity index (χ3n) is 4.99. The van der Waals surface area contributed by atoms with Gasteiger partial charge < -0.3 is 14.8 Å². The molecule has 1 aliphatic rings. The van der Waals surface area contributed by atoms with Gasteiger partial charge in [-0.2, -0.15) is 4.98 Å². The zero-order valence-corrected chi connectivity index (χ0v) is 17.4. The number of aromatic nitrogens is 3. The first-order chi connectivity index (χ1) is 14.6. The van der Waals surface area contributed by atoms with Crippen LogP contribution < -0.4 is 15.4 Å². The lowest BCUT2D eigenvalue weighted by Gasteiger charge is -2.31. The van der Waals surface area contributed by atoms with Crippen LogP contribution in [0.4, 0.5) is 11.9 Å². The predicted octanol–water partition coefficient (Wildman–Crippen LogP) is 3.67. The molecular formula is C21H22ClN5O3. The SMILES string of the molecule is COCC(=O)Nc1nc2n(n1)[C@@H](c1ccc(Cl)cc1)C[C@@H](c1ccc(OC)cc1)N2. The molecule has 3 aromatic rings. The maximum atomic E-state index is 11.9. The summed E-state index contributed by atoms with van der Waals surface area (Å²) in [5.41, 5.74) is 2.16. The number of nitrogens with one attached hydrogen (secondary N) is 2. The first-order valence-electron chi connectivity index (χ1n) is 9.48. The summed E-state index contributed by atoms with van der Waals surface area (Å²) in [5.74, 6) is 1.30. The standard InChI is InChI=1S/C21H22ClN5O3/c1-29-12-19(28)24-20-25-21-23-17(13-5-9-16(30-2)10-6-13)11-18(27(21)26-20)14-3-7-15(22)8-4-14/h3-10,17-18H,11-12H2,1-2H3,(H2,23,24,25,26,28)/t17-,18+/m0/s1. The number of carbonyl (C=O) groups is 1. The van der Waals surface area contributed by atoms with Crippen LogP contribution in [0.5, 0.6) is 5.75 Å². The molecule has 0 unspecified atom stereocenters. The fourth-order valence-electron chi connectivity index (χ4n) is 3.54. The number of carbonyl (C=O) groups excluding carboxylic acids is 1. The Balaban J connectivity index is 1.68. The van der Waals surface area contributed by atoms with Gasteiger partial charge in [-0.25, -0.2) is 4.68 Å². The number of nitrogens with zero attached hydrogens (tertiary/aromatic N) is 3. The topological polar surface area (TPSA) is 90.3 Å². The zero-order valence-electron chi connectivity index (χ0n) is 16.6. The number of methoxy groups -OCH3 is 2. The van der Waals surface area contributed by atoms with Crippen LogP contribution in [0.25, 0.3) is 0 Å². The maximum Gasteiger partial charge on any atom is 0.252 e. The van der Waals surface area contributed by atoms with Gasteiger partial charge in [-0.1, -0.05) is 35.9 Å². The number of hydrogen-bond acceptors (Lipinski definition) is 6. The lowest BCUT2D eigenvalue weighted by molar-refractivity contribution is -0.119. The van der Waals surface area contributed by atoms with Gasteiger partial charge in [0.15, 0.2) is 0 Å². The molecule has 2 heterocycles. The van der Waals surface area contributed by atoms with Gasteiger partial charge in [0.2, 0.25) is 5.95 Å². The summed E-state index contributed by atoms with van der Waals surface area (Å²) in [4.78, 5) is 16.4. The second-order valence-electron chi connectivity index (χ2n) is 6.96. The van der Waals surface area contributed by atoms with Crippen molar-refractivity contribution >= 4 is 29.4 Å². The highest BCUT2D eigenvalue weighted by atomic mass is 35.5. The van der Waals surface area contributed by atoms with Gasteiger partial charge in [-0.3, -0.25) is 10.1 Å². The molecule has 2 atom stereocenters. The highest BCUT2D eigenvalue weighted by Gasteiger charge is 2.31. The van der Waals surface area contributed by atoms with Crippen LogP contribution in [-0.2, 0) is 9.53 Å². The molecule has 1 amide bonds. The molecule has 0 saturated heterocycles. The van der Waals surface area contributed by atoms with Crippen molar-refractivity contribution in [3.8, 4) is 5.75 Å². The number of anilines is 2. The Morgan fingerprint density at radius 3 is 2.53 bits per heavy atom. The monoisotopic (exact) mass is 427 g/mol. The molecule has 0 fully saturated rings. The molecular weight excluding hydrogens is 406 g/mol. The first-order valence-corrected chi connectivity index (χ1v) is 9.86. The smallest absolute Gasteiger partial charge is 0.252 e. The summed E-state index contributed by atoms with van der Waals surface area (Å²) in [6.07, 6.45) is 0.746. The third-order valence-corrected chi connectivity index (χ3v) is 5.24. The van der Waals surface area contributed by atoms with Gasteiger partial charge in [-0.05, 0) is 41.8 Å². The molecule has 0 saturated carbocycles. The summed E-state index contributed by atoms with van der Waals surface area (Å²) < 4.78 is 11.9. The Kier molecular flexibility index (Phi) is 5.87. The van der Waals surface area contributed by atoms with E-state index in [2.05, 4.69) is 20.7 Å². The number of halogens is 1. The summed E-state index contributed by atoms with van der Waals surface area (Å²) in [6.45, 7) is -0.0631. The molecule has 1 aliphatic heterocycles. The van der Waals surface area contributed by atoms with E-state index in [4.69, 9.17) is 21.1 Å². The third kappa shape index (κ3) is 4.24. The van der Waals surface area contributed by atoms with Gasteiger partial charge in [0.05, 0.1) is 19.2 Å². The fourth-order valence-corrected chi connectivity index (χ4v) is 3.67. The first kappa shape index (κ1) is 20.2. The van der Waals surface area contributed by atoms with Crippen LogP contribution in [0.3, 0.4) is 0 Å². The average molecular weight is 428 g/mol. The fraction of sp³-hybridized carbons (Fsp3) is 0.286. The molecule has 0 spiro atoms. The Morgan fingerprint density at radius 2 is 1.87 bits per heavy atom. The molecule has 8 nitrogen and oxygen atoms in total. The van der Waals surface area contributed by atoms with Gasteiger partial charge in [0.25, 0.3) is 11.9 Å². The molecule has 0 radical (unpaired) electrons. The van der Waals surface area contributed by atoms with Crippen molar-refractivity contribution in [2.24, 2.45) is 0 Å². The second-order valence-corrected chi connectivity index (χ2v) is 7.39. The Hall–Kier alpha value is -3.10. The lowest BCUT2D eigenvalue weighted by atomic mass is 9.93. The molecule has 1 aromatic heterocycles. The Morgan fingerprint density at radius 1 is 1.17 bits per heavy atom. The molecule has 2 aromatic carbocycles. The van der Waals surface area contributed by atoms with E-state index < -0.39 is 0 Å². The highest BCUT2D eigenvalue weighted by Crippen LogP contribution is 2.38. The number of ether oxygens (including phenoxy) is 2. The number of amides is 1. The van der Waals surface area contributed by atoms with Crippen molar-refractivity contribution in [1.82, 2.24) is 14.8 Å². The van der Waals surface area contributed by atoms with Crippen molar-refractivity contribution in [3.05, 3.63) is 64.7 Å². The number of rotatable bonds is 6. The lowest BCUT2D eigenvalue weighted by Crippen LogP contribution is -2.28. The van der Waals surface area contributed by atoms with E-state index in [0.29, 0.717) is 11.0 Å². The largest absolute Gasteiger partial charge is 0.497 e. The van der Waals surface area contributed by atoms with Crippen LogP contribution >= 0.6 is 11.6 Å². The van der Waals surface area contributed by atoms with Gasteiger partial charge in [0, 0.05) is 12.1 Å². The van der Waals surface area contributed by atoms with Crippen LogP contribution in [0.1, 0.15) is 29.6 Å². The second kappa shape index (κ2) is 8.73. The average Bonchev–Trinajstić information content (AvgIpc) is 3.16. The molecule has 9 heteroatoms. The molecule has 0 aliphatic carbocycles. The van der Waals surface area contributed by atoms with Crippen molar-refractivity contribution in [3.63, 3.8) is 0 Å². The molecule has 2 N–H and O–H groups in total. The molecule has 156 valence electrons. The highest BCUT2D eigenvalue weighted by molar-refractivity contribution is 6.30.